The molecule has 1 heterocycles. The number of hydrogen-bond acceptors (Lipinski definition) is 4. The Hall–Kier alpha value is -2.09. The van der Waals surface area contributed by atoms with Gasteiger partial charge in [-0.2, -0.15) is 0 Å². The minimum atomic E-state index is -0.854. The Bertz CT molecular complexity index is 668. The standard InChI is InChI=1S/C19H25FN2O4S/c1-13(27-12-17(23)21-15-7-5-14(20)6-8-15)19(26)22-11-3-2-4-16(22)9-10-18(24)25/h5-8,13,16H,2-4,9-12H2,1H3,(H,21,23)(H,24,25). The molecule has 0 saturated carbocycles. The summed E-state index contributed by atoms with van der Waals surface area (Å²) in [6.45, 7) is 2.40. The van der Waals surface area contributed by atoms with Crippen LogP contribution in [-0.2, 0) is 14.4 Å². The SMILES string of the molecule is CC(SCC(=O)Nc1ccc(F)cc1)C(=O)N1CCCCC1CCC(=O)O. The highest BCUT2D eigenvalue weighted by Gasteiger charge is 2.30. The summed E-state index contributed by atoms with van der Waals surface area (Å²) in [6.07, 6.45) is 3.24. The third kappa shape index (κ3) is 6.86. The summed E-state index contributed by atoms with van der Waals surface area (Å²) in [7, 11) is 0. The van der Waals surface area contributed by atoms with Gasteiger partial charge in [0.2, 0.25) is 11.8 Å². The van der Waals surface area contributed by atoms with E-state index in [2.05, 4.69) is 5.32 Å². The molecule has 0 aliphatic carbocycles. The van der Waals surface area contributed by atoms with E-state index in [1.54, 1.807) is 11.8 Å². The van der Waals surface area contributed by atoms with Gasteiger partial charge < -0.3 is 15.3 Å². The molecule has 1 fully saturated rings. The van der Waals surface area contributed by atoms with Gasteiger partial charge in [-0.25, -0.2) is 4.39 Å². The summed E-state index contributed by atoms with van der Waals surface area (Å²) < 4.78 is 12.9. The first-order valence-corrected chi connectivity index (χ1v) is 10.1. The molecule has 2 unspecified atom stereocenters. The molecule has 1 aromatic rings. The van der Waals surface area contributed by atoms with Crippen LogP contribution in [0.5, 0.6) is 0 Å². The monoisotopic (exact) mass is 396 g/mol. The zero-order valence-electron chi connectivity index (χ0n) is 15.3. The Morgan fingerprint density at radius 3 is 2.67 bits per heavy atom. The lowest BCUT2D eigenvalue weighted by Gasteiger charge is -2.37. The van der Waals surface area contributed by atoms with Crippen LogP contribution in [0.15, 0.2) is 24.3 Å². The second-order valence-corrected chi connectivity index (χ2v) is 7.95. The van der Waals surface area contributed by atoms with Gasteiger partial charge in [0.1, 0.15) is 5.82 Å². The van der Waals surface area contributed by atoms with Crippen molar-refractivity contribution < 1.29 is 23.9 Å². The van der Waals surface area contributed by atoms with Crippen molar-refractivity contribution in [2.45, 2.75) is 50.3 Å². The van der Waals surface area contributed by atoms with Crippen LogP contribution in [0.1, 0.15) is 39.0 Å². The topological polar surface area (TPSA) is 86.7 Å². The number of carboxylic acids is 1. The van der Waals surface area contributed by atoms with E-state index in [9.17, 15) is 18.8 Å². The average Bonchev–Trinajstić information content (AvgIpc) is 2.66. The normalized spacial score (nSPS) is 18.0. The number of benzene rings is 1. The highest BCUT2D eigenvalue weighted by atomic mass is 32.2. The van der Waals surface area contributed by atoms with E-state index in [1.807, 2.05) is 0 Å². The molecule has 1 saturated heterocycles. The molecule has 1 aliphatic heterocycles. The lowest BCUT2D eigenvalue weighted by atomic mass is 9.97. The summed E-state index contributed by atoms with van der Waals surface area (Å²) in [4.78, 5) is 37.4. The summed E-state index contributed by atoms with van der Waals surface area (Å²) >= 11 is 1.24. The molecule has 2 N–H and O–H groups in total. The number of likely N-dealkylation sites (tertiary alicyclic amines) is 1. The van der Waals surface area contributed by atoms with Crippen LogP contribution in [0, 0.1) is 5.82 Å². The second kappa shape index (κ2) is 10.3. The van der Waals surface area contributed by atoms with Crippen LogP contribution in [-0.4, -0.2) is 51.4 Å². The summed E-state index contributed by atoms with van der Waals surface area (Å²) in [5.41, 5.74) is 0.505. The van der Waals surface area contributed by atoms with Gasteiger partial charge in [0.25, 0.3) is 0 Å². The highest BCUT2D eigenvalue weighted by molar-refractivity contribution is 8.01. The molecule has 2 rings (SSSR count). The zero-order chi connectivity index (χ0) is 19.8. The van der Waals surface area contributed by atoms with Crippen LogP contribution in [0.4, 0.5) is 10.1 Å². The molecule has 0 bridgehead atoms. The third-order valence-electron chi connectivity index (χ3n) is 4.54. The van der Waals surface area contributed by atoms with Crippen molar-refractivity contribution in [1.29, 1.82) is 0 Å². The van der Waals surface area contributed by atoms with Gasteiger partial charge in [0.15, 0.2) is 0 Å². The second-order valence-electron chi connectivity index (χ2n) is 6.62. The molecule has 0 spiro atoms. The maximum atomic E-state index is 12.9. The van der Waals surface area contributed by atoms with Crippen LogP contribution in [0.2, 0.25) is 0 Å². The van der Waals surface area contributed by atoms with Gasteiger partial charge in [0, 0.05) is 24.7 Å². The van der Waals surface area contributed by atoms with Crippen molar-refractivity contribution in [2.75, 3.05) is 17.6 Å². The first-order valence-electron chi connectivity index (χ1n) is 9.06. The molecule has 2 atom stereocenters. The number of piperidine rings is 1. The van der Waals surface area contributed by atoms with Crippen LogP contribution >= 0.6 is 11.8 Å². The number of carbonyl (C=O) groups is 3. The predicted octanol–water partition coefficient (Wildman–Crippen LogP) is 3.13. The Kier molecular flexibility index (Phi) is 8.09. The molecule has 27 heavy (non-hydrogen) atoms. The van der Waals surface area contributed by atoms with Crippen molar-refractivity contribution in [3.8, 4) is 0 Å². The molecule has 6 nitrogen and oxygen atoms in total. The Balaban J connectivity index is 1.83. The van der Waals surface area contributed by atoms with Gasteiger partial charge in [-0.3, -0.25) is 14.4 Å². The van der Waals surface area contributed by atoms with E-state index < -0.39 is 11.2 Å². The van der Waals surface area contributed by atoms with E-state index in [1.165, 1.54) is 36.0 Å². The molecule has 8 heteroatoms. The molecular formula is C19H25FN2O4S. The quantitative estimate of drug-likeness (QED) is 0.705. The van der Waals surface area contributed by atoms with Gasteiger partial charge >= 0.3 is 5.97 Å². The maximum absolute atomic E-state index is 12.9. The van der Waals surface area contributed by atoms with Gasteiger partial charge in [-0.15, -0.1) is 11.8 Å². The van der Waals surface area contributed by atoms with Gasteiger partial charge in [-0.1, -0.05) is 0 Å². The summed E-state index contributed by atoms with van der Waals surface area (Å²) in [5.74, 6) is -1.43. The fraction of sp³-hybridized carbons (Fsp3) is 0.526. The van der Waals surface area contributed by atoms with E-state index >= 15 is 0 Å². The molecular weight excluding hydrogens is 371 g/mol. The lowest BCUT2D eigenvalue weighted by molar-refractivity contribution is -0.139. The molecule has 0 radical (unpaired) electrons. The van der Waals surface area contributed by atoms with Crippen molar-refractivity contribution in [1.82, 2.24) is 4.90 Å². The largest absolute Gasteiger partial charge is 0.481 e. The number of thioether (sulfide) groups is 1. The van der Waals surface area contributed by atoms with Crippen molar-refractivity contribution in [3.05, 3.63) is 30.1 Å². The lowest BCUT2D eigenvalue weighted by Crippen LogP contribution is -2.47. The van der Waals surface area contributed by atoms with Crippen LogP contribution < -0.4 is 5.32 Å². The predicted molar refractivity (Wildman–Crippen MR) is 103 cm³/mol. The summed E-state index contributed by atoms with van der Waals surface area (Å²) in [5, 5.41) is 11.2. The molecule has 148 valence electrons. The molecule has 2 amide bonds. The van der Waals surface area contributed by atoms with E-state index in [0.29, 0.717) is 18.7 Å². The number of nitrogens with zero attached hydrogens (tertiary/aromatic N) is 1. The average molecular weight is 396 g/mol. The third-order valence-corrected chi connectivity index (χ3v) is 5.67. The smallest absolute Gasteiger partial charge is 0.303 e. The Morgan fingerprint density at radius 1 is 1.30 bits per heavy atom. The minimum Gasteiger partial charge on any atom is -0.481 e. The first-order chi connectivity index (χ1) is 12.9. The summed E-state index contributed by atoms with van der Waals surface area (Å²) in [6, 6.07) is 5.45. The number of anilines is 1. The molecule has 1 aliphatic rings. The number of amides is 2. The van der Waals surface area contributed by atoms with E-state index in [-0.39, 0.29) is 35.8 Å². The Morgan fingerprint density at radius 2 is 2.00 bits per heavy atom. The fourth-order valence-corrected chi connectivity index (χ4v) is 3.87. The zero-order valence-corrected chi connectivity index (χ0v) is 16.1. The van der Waals surface area contributed by atoms with Crippen molar-refractivity contribution in [3.63, 3.8) is 0 Å². The van der Waals surface area contributed by atoms with Crippen molar-refractivity contribution >= 4 is 35.2 Å². The van der Waals surface area contributed by atoms with Crippen molar-refractivity contribution in [2.24, 2.45) is 0 Å². The number of carbonyl (C=O) groups excluding carboxylic acids is 2. The minimum absolute atomic E-state index is 0.0431. The van der Waals surface area contributed by atoms with Crippen LogP contribution in [0.3, 0.4) is 0 Å². The Labute approximate surface area is 162 Å². The van der Waals surface area contributed by atoms with E-state index in [0.717, 1.165) is 19.3 Å². The van der Waals surface area contributed by atoms with Gasteiger partial charge in [-0.05, 0) is 56.9 Å². The maximum Gasteiger partial charge on any atom is 0.303 e. The number of aliphatic carboxylic acids is 1. The molecule has 0 aromatic heterocycles. The molecule has 1 aromatic carbocycles. The number of nitrogens with one attached hydrogen (secondary N) is 1. The number of hydrogen-bond donors (Lipinski definition) is 2. The number of halogens is 1. The number of carboxylic acid groups (broad SMARTS) is 1. The fourth-order valence-electron chi connectivity index (χ4n) is 3.12. The number of rotatable bonds is 8. The highest BCUT2D eigenvalue weighted by Crippen LogP contribution is 2.24. The van der Waals surface area contributed by atoms with Crippen LogP contribution in [0.25, 0.3) is 0 Å². The van der Waals surface area contributed by atoms with Gasteiger partial charge in [0.05, 0.1) is 11.0 Å². The first kappa shape index (κ1) is 21.2. The van der Waals surface area contributed by atoms with E-state index in [4.69, 9.17) is 5.11 Å².